The number of aliphatic hydroxyl groups is 1. The SMILES string of the molecule is CCCOc1cccc(C(O)=C2C(=O)C(=O)N(c3nc4c(C)cc(C)cc4s3)C2c2ccc(OC)c(OC)c2)c1. The molecule has 0 saturated carbocycles. The number of fused-ring (bicyclic) bond motifs is 1. The Morgan fingerprint density at radius 1 is 1.02 bits per heavy atom. The van der Waals surface area contributed by atoms with E-state index in [-0.39, 0.29) is 11.3 Å². The van der Waals surface area contributed by atoms with Crippen LogP contribution in [0.1, 0.15) is 41.6 Å². The fourth-order valence-electron chi connectivity index (χ4n) is 4.94. The summed E-state index contributed by atoms with van der Waals surface area (Å²) in [4.78, 5) is 33.5. The smallest absolute Gasteiger partial charge is 0.301 e. The van der Waals surface area contributed by atoms with Gasteiger partial charge in [-0.15, -0.1) is 0 Å². The van der Waals surface area contributed by atoms with E-state index in [1.807, 2.05) is 32.9 Å². The normalized spacial score (nSPS) is 16.5. The number of thiazole rings is 1. The molecule has 1 amide bonds. The largest absolute Gasteiger partial charge is 0.507 e. The summed E-state index contributed by atoms with van der Waals surface area (Å²) in [6.07, 6.45) is 0.821. The van der Waals surface area contributed by atoms with Crippen molar-refractivity contribution in [3.63, 3.8) is 0 Å². The highest BCUT2D eigenvalue weighted by molar-refractivity contribution is 7.22. The third-order valence-electron chi connectivity index (χ3n) is 6.77. The third kappa shape index (κ3) is 4.77. The van der Waals surface area contributed by atoms with Gasteiger partial charge in [-0.3, -0.25) is 14.5 Å². The first-order chi connectivity index (χ1) is 19.3. The van der Waals surface area contributed by atoms with E-state index in [1.54, 1.807) is 42.5 Å². The lowest BCUT2D eigenvalue weighted by Crippen LogP contribution is -2.29. The minimum absolute atomic E-state index is 0.0444. The van der Waals surface area contributed by atoms with Gasteiger partial charge in [-0.2, -0.15) is 0 Å². The van der Waals surface area contributed by atoms with Crippen LogP contribution in [-0.4, -0.2) is 42.6 Å². The minimum atomic E-state index is -0.956. The van der Waals surface area contributed by atoms with Crippen LogP contribution >= 0.6 is 11.3 Å². The van der Waals surface area contributed by atoms with Crippen molar-refractivity contribution in [2.75, 3.05) is 25.7 Å². The van der Waals surface area contributed by atoms with Crippen molar-refractivity contribution in [3.8, 4) is 17.2 Å². The van der Waals surface area contributed by atoms with Gasteiger partial charge in [0.1, 0.15) is 11.5 Å². The highest BCUT2D eigenvalue weighted by Crippen LogP contribution is 2.46. The van der Waals surface area contributed by atoms with Crippen molar-refractivity contribution < 1.29 is 28.9 Å². The van der Waals surface area contributed by atoms with E-state index < -0.39 is 17.7 Å². The molecule has 1 atom stereocenters. The van der Waals surface area contributed by atoms with Crippen molar-refractivity contribution in [1.82, 2.24) is 4.98 Å². The Balaban J connectivity index is 1.72. The molecule has 4 aromatic rings. The van der Waals surface area contributed by atoms with Crippen LogP contribution in [0.3, 0.4) is 0 Å². The van der Waals surface area contributed by atoms with Crippen LogP contribution in [0.4, 0.5) is 5.13 Å². The van der Waals surface area contributed by atoms with Gasteiger partial charge in [-0.05, 0) is 67.3 Å². The molecule has 1 aromatic heterocycles. The predicted octanol–water partition coefficient (Wildman–Crippen LogP) is 6.35. The van der Waals surface area contributed by atoms with Gasteiger partial charge < -0.3 is 19.3 Å². The highest BCUT2D eigenvalue weighted by Gasteiger charge is 2.48. The van der Waals surface area contributed by atoms with Crippen LogP contribution in [-0.2, 0) is 9.59 Å². The van der Waals surface area contributed by atoms with Gasteiger partial charge in [-0.25, -0.2) is 4.98 Å². The van der Waals surface area contributed by atoms with Crippen LogP contribution in [0.2, 0.25) is 0 Å². The number of hydrogen-bond acceptors (Lipinski definition) is 8. The van der Waals surface area contributed by atoms with Crippen molar-refractivity contribution >= 4 is 44.1 Å². The molecule has 1 fully saturated rings. The van der Waals surface area contributed by atoms with E-state index in [0.717, 1.165) is 27.8 Å². The first kappa shape index (κ1) is 27.2. The molecule has 9 heteroatoms. The number of aromatic nitrogens is 1. The fraction of sp³-hybridized carbons (Fsp3) is 0.258. The molecule has 0 aliphatic carbocycles. The highest BCUT2D eigenvalue weighted by atomic mass is 32.1. The number of aliphatic hydroxyl groups excluding tert-OH is 1. The Bertz CT molecular complexity index is 1660. The molecule has 5 rings (SSSR count). The van der Waals surface area contributed by atoms with Crippen LogP contribution in [0.25, 0.3) is 16.0 Å². The number of Topliss-reactive ketones (excluding diaryl/α,β-unsaturated/α-hetero) is 1. The summed E-state index contributed by atoms with van der Waals surface area (Å²) in [6.45, 7) is 6.47. The zero-order chi connectivity index (χ0) is 28.6. The van der Waals surface area contributed by atoms with Gasteiger partial charge >= 0.3 is 5.91 Å². The van der Waals surface area contributed by atoms with Gasteiger partial charge in [0.15, 0.2) is 16.6 Å². The van der Waals surface area contributed by atoms with Gasteiger partial charge in [-0.1, -0.05) is 42.5 Å². The lowest BCUT2D eigenvalue weighted by molar-refractivity contribution is -0.132. The number of aryl methyl sites for hydroxylation is 2. The van der Waals surface area contributed by atoms with Crippen LogP contribution in [0.5, 0.6) is 17.2 Å². The molecule has 1 aliphatic rings. The number of ketones is 1. The van der Waals surface area contributed by atoms with Gasteiger partial charge in [0.05, 0.1) is 42.7 Å². The second kappa shape index (κ2) is 11.0. The molecular formula is C31H30N2O6S. The number of rotatable bonds is 8. The monoisotopic (exact) mass is 558 g/mol. The molecule has 3 aromatic carbocycles. The molecule has 8 nitrogen and oxygen atoms in total. The van der Waals surface area contributed by atoms with Crippen LogP contribution in [0, 0.1) is 13.8 Å². The maximum atomic E-state index is 13.7. The van der Waals surface area contributed by atoms with Gasteiger partial charge in [0.25, 0.3) is 5.78 Å². The Labute approximate surface area is 236 Å². The summed E-state index contributed by atoms with van der Waals surface area (Å²) in [7, 11) is 3.04. The second-order valence-corrected chi connectivity index (χ2v) is 10.6. The van der Waals surface area contributed by atoms with Crippen molar-refractivity contribution in [2.24, 2.45) is 0 Å². The Kier molecular flexibility index (Phi) is 7.49. The van der Waals surface area contributed by atoms with E-state index in [4.69, 9.17) is 19.2 Å². The number of carbonyl (C=O) groups is 2. The zero-order valence-corrected chi connectivity index (χ0v) is 23.8. The molecule has 0 radical (unpaired) electrons. The number of methoxy groups -OCH3 is 2. The molecule has 40 heavy (non-hydrogen) atoms. The van der Waals surface area contributed by atoms with Crippen molar-refractivity contribution in [1.29, 1.82) is 0 Å². The molecule has 1 unspecified atom stereocenters. The van der Waals surface area contributed by atoms with Crippen LogP contribution < -0.4 is 19.1 Å². The summed E-state index contributed by atoms with van der Waals surface area (Å²) in [6, 6.07) is 15.1. The average Bonchev–Trinajstić information content (AvgIpc) is 3.49. The van der Waals surface area contributed by atoms with Crippen LogP contribution in [0.15, 0.2) is 60.2 Å². The fourth-order valence-corrected chi connectivity index (χ4v) is 6.11. The summed E-state index contributed by atoms with van der Waals surface area (Å²) in [5.74, 6) is -0.389. The van der Waals surface area contributed by atoms with E-state index in [1.165, 1.54) is 30.5 Å². The molecule has 0 bridgehead atoms. The number of ether oxygens (including phenoxy) is 3. The van der Waals surface area contributed by atoms with Crippen molar-refractivity contribution in [2.45, 2.75) is 33.2 Å². The van der Waals surface area contributed by atoms with Gasteiger partial charge in [0, 0.05) is 5.56 Å². The number of hydrogen-bond donors (Lipinski definition) is 1. The number of anilines is 1. The first-order valence-corrected chi connectivity index (χ1v) is 13.7. The summed E-state index contributed by atoms with van der Waals surface area (Å²) in [5, 5.41) is 11.9. The van der Waals surface area contributed by atoms with Gasteiger partial charge in [0.2, 0.25) is 0 Å². The molecular weight excluding hydrogens is 528 g/mol. The lowest BCUT2D eigenvalue weighted by Gasteiger charge is -2.23. The number of benzene rings is 3. The minimum Gasteiger partial charge on any atom is -0.507 e. The summed E-state index contributed by atoms with van der Waals surface area (Å²) < 4.78 is 17.6. The summed E-state index contributed by atoms with van der Waals surface area (Å²) >= 11 is 1.33. The summed E-state index contributed by atoms with van der Waals surface area (Å²) in [5.41, 5.74) is 3.69. The number of nitrogens with zero attached hydrogens (tertiary/aromatic N) is 2. The van der Waals surface area contributed by atoms with E-state index in [9.17, 15) is 14.7 Å². The molecule has 2 heterocycles. The number of carbonyl (C=O) groups excluding carboxylic acids is 2. The van der Waals surface area contributed by atoms with E-state index >= 15 is 0 Å². The lowest BCUT2D eigenvalue weighted by atomic mass is 9.95. The van der Waals surface area contributed by atoms with Crippen molar-refractivity contribution in [3.05, 3.63) is 82.4 Å². The maximum absolute atomic E-state index is 13.7. The van der Waals surface area contributed by atoms with E-state index in [0.29, 0.717) is 40.1 Å². The zero-order valence-electron chi connectivity index (χ0n) is 23.0. The predicted molar refractivity (Wildman–Crippen MR) is 156 cm³/mol. The molecule has 1 N–H and O–H groups in total. The topological polar surface area (TPSA) is 98.2 Å². The molecule has 206 valence electrons. The Morgan fingerprint density at radius 3 is 2.52 bits per heavy atom. The molecule has 1 saturated heterocycles. The average molecular weight is 559 g/mol. The number of amides is 1. The first-order valence-electron chi connectivity index (χ1n) is 12.9. The van der Waals surface area contributed by atoms with E-state index in [2.05, 4.69) is 0 Å². The standard InChI is InChI=1S/C31H30N2O6S/c1-6-12-39-21-9-7-8-20(15-21)28(34)25-27(19-10-11-22(37-4)23(16-19)38-5)33(30(36)29(25)35)31-32-26-18(3)13-17(2)14-24(26)40-31/h7-11,13-16,27,34H,6,12H2,1-5H3. The Morgan fingerprint density at radius 2 is 1.80 bits per heavy atom. The quantitative estimate of drug-likeness (QED) is 0.153. The molecule has 0 spiro atoms. The Hall–Kier alpha value is -4.37. The molecule has 1 aliphatic heterocycles. The second-order valence-electron chi connectivity index (χ2n) is 9.58. The third-order valence-corrected chi connectivity index (χ3v) is 7.77. The maximum Gasteiger partial charge on any atom is 0.301 e.